The molecule has 0 aliphatic rings. The summed E-state index contributed by atoms with van der Waals surface area (Å²) in [4.78, 5) is 11.9. The maximum Gasteiger partial charge on any atom is 0.325 e. The molecule has 2 rings (SSSR count). The number of rotatable bonds is 5. The van der Waals surface area contributed by atoms with Crippen LogP contribution in [0.1, 0.15) is 18.9 Å². The van der Waals surface area contributed by atoms with Gasteiger partial charge in [-0.2, -0.15) is 0 Å². The first-order chi connectivity index (χ1) is 10.1. The number of nitrogens with one attached hydrogen (secondary N) is 2. The van der Waals surface area contributed by atoms with E-state index in [-0.39, 0.29) is 6.03 Å². The Kier molecular flexibility index (Phi) is 5.10. The zero-order valence-electron chi connectivity index (χ0n) is 12.2. The second-order valence-electron chi connectivity index (χ2n) is 4.88. The fourth-order valence-corrected chi connectivity index (χ4v) is 2.68. The highest BCUT2D eigenvalue weighted by Gasteiger charge is 2.11. The molecule has 0 fully saturated rings. The topological polar surface area (TPSA) is 76.1 Å². The lowest BCUT2D eigenvalue weighted by Gasteiger charge is -2.09. The van der Waals surface area contributed by atoms with Gasteiger partial charge in [0.2, 0.25) is 5.13 Å². The molecule has 21 heavy (non-hydrogen) atoms. The Hall–Kier alpha value is -2.15. The van der Waals surface area contributed by atoms with Gasteiger partial charge in [0.1, 0.15) is 10.8 Å². The largest absolute Gasteiger partial charge is 0.495 e. The van der Waals surface area contributed by atoms with Crippen LogP contribution in [0, 0.1) is 5.92 Å². The predicted octanol–water partition coefficient (Wildman–Crippen LogP) is 3.39. The van der Waals surface area contributed by atoms with Gasteiger partial charge in [0.25, 0.3) is 0 Å². The molecule has 0 spiro atoms. The Morgan fingerprint density at radius 3 is 2.76 bits per heavy atom. The molecule has 112 valence electrons. The van der Waals surface area contributed by atoms with Crippen LogP contribution in [-0.2, 0) is 6.42 Å². The number of carbonyl (C=O) groups excluding carboxylic acids is 1. The van der Waals surface area contributed by atoms with Crippen LogP contribution in [0.5, 0.6) is 5.75 Å². The number of nitrogens with zero attached hydrogens (tertiary/aromatic N) is 2. The molecule has 0 aliphatic heterocycles. The Morgan fingerprint density at radius 1 is 1.29 bits per heavy atom. The van der Waals surface area contributed by atoms with Crippen LogP contribution in [-0.4, -0.2) is 23.3 Å². The summed E-state index contributed by atoms with van der Waals surface area (Å²) in [7, 11) is 1.56. The van der Waals surface area contributed by atoms with Gasteiger partial charge in [0.05, 0.1) is 12.8 Å². The number of benzene rings is 1. The lowest BCUT2D eigenvalue weighted by Crippen LogP contribution is -2.19. The van der Waals surface area contributed by atoms with Crippen molar-refractivity contribution in [2.75, 3.05) is 17.7 Å². The van der Waals surface area contributed by atoms with Gasteiger partial charge in [-0.05, 0) is 18.1 Å². The van der Waals surface area contributed by atoms with Crippen LogP contribution < -0.4 is 15.4 Å². The van der Waals surface area contributed by atoms with Crippen molar-refractivity contribution in [2.45, 2.75) is 20.3 Å². The summed E-state index contributed by atoms with van der Waals surface area (Å²) in [6.45, 7) is 4.23. The van der Waals surface area contributed by atoms with Crippen LogP contribution in [0.15, 0.2) is 24.3 Å². The fraction of sp³-hybridized carbons (Fsp3) is 0.357. The molecule has 0 unspecified atom stereocenters. The minimum absolute atomic E-state index is 0.369. The smallest absolute Gasteiger partial charge is 0.325 e. The lowest BCUT2D eigenvalue weighted by atomic mass is 10.1. The molecule has 6 nitrogen and oxygen atoms in total. The zero-order chi connectivity index (χ0) is 15.2. The Morgan fingerprint density at radius 2 is 2.05 bits per heavy atom. The SMILES string of the molecule is COc1ccccc1NC(=O)Nc1nnc(CC(C)C)s1. The minimum atomic E-state index is -0.369. The third-order valence-electron chi connectivity index (χ3n) is 2.63. The van der Waals surface area contributed by atoms with Crippen molar-refractivity contribution >= 4 is 28.2 Å². The van der Waals surface area contributed by atoms with Crippen molar-refractivity contribution in [3.05, 3.63) is 29.3 Å². The number of amides is 2. The average molecular weight is 306 g/mol. The van der Waals surface area contributed by atoms with Gasteiger partial charge >= 0.3 is 6.03 Å². The predicted molar refractivity (Wildman–Crippen MR) is 84.1 cm³/mol. The minimum Gasteiger partial charge on any atom is -0.495 e. The summed E-state index contributed by atoms with van der Waals surface area (Å²) in [5, 5.41) is 14.8. The monoisotopic (exact) mass is 306 g/mol. The summed E-state index contributed by atoms with van der Waals surface area (Å²) in [6, 6.07) is 6.84. The first-order valence-electron chi connectivity index (χ1n) is 6.62. The van der Waals surface area contributed by atoms with Crippen molar-refractivity contribution in [1.29, 1.82) is 0 Å². The highest BCUT2D eigenvalue weighted by atomic mass is 32.1. The molecular formula is C14H18N4O2S. The average Bonchev–Trinajstić information content (AvgIpc) is 2.85. The number of para-hydroxylation sites is 2. The van der Waals surface area contributed by atoms with Crippen molar-refractivity contribution in [1.82, 2.24) is 10.2 Å². The number of ether oxygens (including phenoxy) is 1. The van der Waals surface area contributed by atoms with Crippen molar-refractivity contribution in [3.8, 4) is 5.75 Å². The van der Waals surface area contributed by atoms with Gasteiger partial charge in [-0.15, -0.1) is 10.2 Å². The van der Waals surface area contributed by atoms with Gasteiger partial charge in [-0.3, -0.25) is 5.32 Å². The summed E-state index contributed by atoms with van der Waals surface area (Å²) in [5.41, 5.74) is 0.601. The van der Waals surface area contributed by atoms with Crippen LogP contribution >= 0.6 is 11.3 Å². The van der Waals surface area contributed by atoms with E-state index in [0.717, 1.165) is 11.4 Å². The van der Waals surface area contributed by atoms with E-state index in [2.05, 4.69) is 34.7 Å². The number of hydrogen-bond acceptors (Lipinski definition) is 5. The number of hydrogen-bond donors (Lipinski definition) is 2. The molecule has 0 saturated carbocycles. The second-order valence-corrected chi connectivity index (χ2v) is 5.94. The van der Waals surface area contributed by atoms with E-state index in [9.17, 15) is 4.79 Å². The van der Waals surface area contributed by atoms with Gasteiger partial charge in [0, 0.05) is 6.42 Å². The summed E-state index contributed by atoms with van der Waals surface area (Å²) < 4.78 is 5.18. The molecule has 0 bridgehead atoms. The molecule has 7 heteroatoms. The quantitative estimate of drug-likeness (QED) is 0.887. The number of carbonyl (C=O) groups is 1. The maximum atomic E-state index is 11.9. The highest BCUT2D eigenvalue weighted by Crippen LogP contribution is 2.23. The van der Waals surface area contributed by atoms with E-state index in [4.69, 9.17) is 4.74 Å². The third-order valence-corrected chi connectivity index (χ3v) is 3.49. The number of anilines is 2. The molecule has 0 saturated heterocycles. The molecular weight excluding hydrogens is 288 g/mol. The molecule has 0 aliphatic carbocycles. The summed E-state index contributed by atoms with van der Waals surface area (Å²) in [5.74, 6) is 1.11. The van der Waals surface area contributed by atoms with E-state index in [1.54, 1.807) is 19.2 Å². The first-order valence-corrected chi connectivity index (χ1v) is 7.43. The maximum absolute atomic E-state index is 11.9. The molecule has 0 atom stereocenters. The van der Waals surface area contributed by atoms with Crippen LogP contribution in [0.2, 0.25) is 0 Å². The van der Waals surface area contributed by atoms with Gasteiger partial charge < -0.3 is 10.1 Å². The summed E-state index contributed by atoms with van der Waals surface area (Å²) >= 11 is 1.38. The van der Waals surface area contributed by atoms with E-state index in [1.165, 1.54) is 11.3 Å². The van der Waals surface area contributed by atoms with E-state index in [0.29, 0.717) is 22.5 Å². The van der Waals surface area contributed by atoms with E-state index < -0.39 is 0 Å². The molecule has 1 aromatic carbocycles. The molecule has 2 aromatic rings. The zero-order valence-corrected chi connectivity index (χ0v) is 13.0. The molecule has 1 heterocycles. The normalized spacial score (nSPS) is 10.5. The van der Waals surface area contributed by atoms with Crippen molar-refractivity contribution in [3.63, 3.8) is 0 Å². The van der Waals surface area contributed by atoms with Crippen molar-refractivity contribution in [2.24, 2.45) is 5.92 Å². The molecule has 2 amide bonds. The highest BCUT2D eigenvalue weighted by molar-refractivity contribution is 7.15. The Balaban J connectivity index is 1.97. The fourth-order valence-electron chi connectivity index (χ4n) is 1.73. The van der Waals surface area contributed by atoms with E-state index >= 15 is 0 Å². The van der Waals surface area contributed by atoms with Gasteiger partial charge in [0.15, 0.2) is 0 Å². The molecule has 1 aromatic heterocycles. The van der Waals surface area contributed by atoms with Crippen molar-refractivity contribution < 1.29 is 9.53 Å². The number of methoxy groups -OCH3 is 1. The van der Waals surface area contributed by atoms with Gasteiger partial charge in [-0.25, -0.2) is 4.79 Å². The number of aromatic nitrogens is 2. The van der Waals surface area contributed by atoms with E-state index in [1.807, 2.05) is 12.1 Å². The third kappa shape index (κ3) is 4.42. The summed E-state index contributed by atoms with van der Waals surface area (Å²) in [6.07, 6.45) is 0.855. The van der Waals surface area contributed by atoms with Crippen LogP contribution in [0.3, 0.4) is 0 Å². The lowest BCUT2D eigenvalue weighted by molar-refractivity contribution is 0.262. The molecule has 0 radical (unpaired) electrons. The first kappa shape index (κ1) is 15.2. The Bertz CT molecular complexity index is 613. The van der Waals surface area contributed by atoms with Crippen LogP contribution in [0.4, 0.5) is 15.6 Å². The second kappa shape index (κ2) is 7.03. The molecule has 2 N–H and O–H groups in total. The number of urea groups is 1. The van der Waals surface area contributed by atoms with Gasteiger partial charge in [-0.1, -0.05) is 37.3 Å². The Labute approximate surface area is 127 Å². The van der Waals surface area contributed by atoms with Crippen LogP contribution in [0.25, 0.3) is 0 Å². The standard InChI is InChI=1S/C14H18N4O2S/c1-9(2)8-12-17-18-14(21-12)16-13(19)15-10-6-4-5-7-11(10)20-3/h4-7,9H,8H2,1-3H3,(H2,15,16,18,19).